The summed E-state index contributed by atoms with van der Waals surface area (Å²) in [7, 11) is 0. The zero-order valence-corrected chi connectivity index (χ0v) is 13.1. The highest BCUT2D eigenvalue weighted by Crippen LogP contribution is 2.12. The molecule has 1 aliphatic rings. The van der Waals surface area contributed by atoms with Crippen molar-refractivity contribution in [2.45, 2.75) is 51.7 Å². The average molecular weight is 316 g/mol. The van der Waals surface area contributed by atoms with Gasteiger partial charge < -0.3 is 5.32 Å². The number of amides is 1. The second-order valence-corrected chi connectivity index (χ2v) is 5.66. The van der Waals surface area contributed by atoms with Crippen molar-refractivity contribution >= 4 is 5.91 Å². The summed E-state index contributed by atoms with van der Waals surface area (Å²) in [5.41, 5.74) is 0.252. The second kappa shape index (κ2) is 6.72. The summed E-state index contributed by atoms with van der Waals surface area (Å²) in [4.78, 5) is 32.3. The van der Waals surface area contributed by atoms with Crippen LogP contribution in [0.2, 0.25) is 0 Å². The molecule has 23 heavy (non-hydrogen) atoms. The van der Waals surface area contributed by atoms with Gasteiger partial charge >= 0.3 is 5.69 Å². The van der Waals surface area contributed by atoms with Crippen LogP contribution in [0.4, 0.5) is 0 Å². The fraction of sp³-hybridized carbons (Fsp3) is 0.533. The van der Waals surface area contributed by atoms with Gasteiger partial charge in [0.15, 0.2) is 0 Å². The normalized spacial score (nSPS) is 17.3. The molecular weight excluding hydrogens is 296 g/mol. The number of carbonyl (C=O) groups is 1. The minimum atomic E-state index is -0.231. The van der Waals surface area contributed by atoms with E-state index in [4.69, 9.17) is 0 Å². The molecule has 2 aromatic heterocycles. The van der Waals surface area contributed by atoms with Gasteiger partial charge in [0.2, 0.25) is 0 Å². The molecule has 0 bridgehead atoms. The van der Waals surface area contributed by atoms with Gasteiger partial charge in [-0.15, -0.1) is 0 Å². The van der Waals surface area contributed by atoms with Crippen LogP contribution in [0, 0.1) is 0 Å². The molecule has 3 rings (SSSR count). The Morgan fingerprint density at radius 1 is 1.39 bits per heavy atom. The summed E-state index contributed by atoms with van der Waals surface area (Å²) < 4.78 is 3.26. The minimum absolute atomic E-state index is 0.00484. The van der Waals surface area contributed by atoms with Crippen LogP contribution in [0.1, 0.15) is 42.5 Å². The number of nitrogens with one attached hydrogen (secondary N) is 1. The van der Waals surface area contributed by atoms with Gasteiger partial charge in [0, 0.05) is 37.9 Å². The molecule has 0 spiro atoms. The maximum absolute atomic E-state index is 12.3. The first-order valence-electron chi connectivity index (χ1n) is 7.92. The van der Waals surface area contributed by atoms with Gasteiger partial charge in [0.25, 0.3) is 5.91 Å². The number of aromatic nitrogens is 5. The number of carbonyl (C=O) groups excluding carboxylic acids is 1. The van der Waals surface area contributed by atoms with Crippen molar-refractivity contribution in [1.82, 2.24) is 29.6 Å². The highest BCUT2D eigenvalue weighted by Gasteiger charge is 2.22. The van der Waals surface area contributed by atoms with E-state index in [1.165, 1.54) is 23.3 Å². The van der Waals surface area contributed by atoms with Crippen molar-refractivity contribution in [3.05, 3.63) is 40.6 Å². The van der Waals surface area contributed by atoms with Gasteiger partial charge in [-0.1, -0.05) is 6.92 Å². The number of aryl methyl sites for hydroxylation is 2. The Morgan fingerprint density at radius 3 is 3.00 bits per heavy atom. The van der Waals surface area contributed by atoms with Gasteiger partial charge in [0.05, 0.1) is 6.20 Å². The summed E-state index contributed by atoms with van der Waals surface area (Å²) in [6, 6.07) is 0.00484. The molecule has 1 amide bonds. The van der Waals surface area contributed by atoms with E-state index >= 15 is 0 Å². The lowest BCUT2D eigenvalue weighted by Crippen LogP contribution is -2.36. The SMILES string of the molecule is CCCn1nc2n(c1=O)CCC(NC(=O)c1cnccn1)CC2. The van der Waals surface area contributed by atoms with Crippen LogP contribution in [-0.4, -0.2) is 36.3 Å². The van der Waals surface area contributed by atoms with Crippen molar-refractivity contribution in [3.8, 4) is 0 Å². The maximum atomic E-state index is 12.3. The molecule has 0 aromatic carbocycles. The van der Waals surface area contributed by atoms with E-state index in [0.717, 1.165) is 18.7 Å². The lowest BCUT2D eigenvalue weighted by Gasteiger charge is -2.15. The lowest BCUT2D eigenvalue weighted by atomic mass is 10.1. The van der Waals surface area contributed by atoms with E-state index < -0.39 is 0 Å². The monoisotopic (exact) mass is 316 g/mol. The van der Waals surface area contributed by atoms with Gasteiger partial charge in [0.1, 0.15) is 11.5 Å². The minimum Gasteiger partial charge on any atom is -0.348 e. The topological polar surface area (TPSA) is 94.7 Å². The molecule has 8 heteroatoms. The Labute approximate surface area is 133 Å². The Bertz CT molecular complexity index is 736. The summed E-state index contributed by atoms with van der Waals surface area (Å²) >= 11 is 0. The third-order valence-electron chi connectivity index (χ3n) is 3.98. The molecule has 8 nitrogen and oxygen atoms in total. The zero-order chi connectivity index (χ0) is 16.2. The van der Waals surface area contributed by atoms with Crippen molar-refractivity contribution in [2.24, 2.45) is 0 Å². The van der Waals surface area contributed by atoms with Gasteiger partial charge in [-0.05, 0) is 19.3 Å². The molecule has 122 valence electrons. The number of hydrogen-bond donors (Lipinski definition) is 1. The number of hydrogen-bond acceptors (Lipinski definition) is 5. The molecule has 0 radical (unpaired) electrons. The molecule has 1 atom stereocenters. The van der Waals surface area contributed by atoms with Crippen LogP contribution >= 0.6 is 0 Å². The molecule has 0 saturated heterocycles. The fourth-order valence-electron chi connectivity index (χ4n) is 2.81. The Hall–Kier alpha value is -2.51. The predicted molar refractivity (Wildman–Crippen MR) is 83.0 cm³/mol. The smallest absolute Gasteiger partial charge is 0.345 e. The fourth-order valence-corrected chi connectivity index (χ4v) is 2.81. The van der Waals surface area contributed by atoms with Crippen LogP contribution in [0.25, 0.3) is 0 Å². The summed E-state index contributed by atoms with van der Waals surface area (Å²) in [6.45, 7) is 3.24. The third kappa shape index (κ3) is 3.30. The standard InChI is InChI=1S/C15H20N6O2/c1-2-8-21-15(23)20-9-5-11(3-4-13(20)19-21)18-14(22)12-10-16-6-7-17-12/h6-7,10-11H,2-5,8-9H2,1H3,(H,18,22). The largest absolute Gasteiger partial charge is 0.348 e. The van der Waals surface area contributed by atoms with Crippen LogP contribution in [-0.2, 0) is 19.5 Å². The van der Waals surface area contributed by atoms with Crippen LogP contribution in [0.3, 0.4) is 0 Å². The van der Waals surface area contributed by atoms with Gasteiger partial charge in [-0.2, -0.15) is 5.10 Å². The summed E-state index contributed by atoms with van der Waals surface area (Å²) in [6.07, 6.45) is 7.49. The Kier molecular flexibility index (Phi) is 4.50. The van der Waals surface area contributed by atoms with Crippen LogP contribution < -0.4 is 11.0 Å². The zero-order valence-electron chi connectivity index (χ0n) is 13.1. The van der Waals surface area contributed by atoms with Crippen molar-refractivity contribution < 1.29 is 4.79 Å². The highest BCUT2D eigenvalue weighted by atomic mass is 16.2. The first-order chi connectivity index (χ1) is 11.2. The van der Waals surface area contributed by atoms with E-state index in [9.17, 15) is 9.59 Å². The molecule has 2 aromatic rings. The molecular formula is C15H20N6O2. The number of fused-ring (bicyclic) bond motifs is 1. The number of rotatable bonds is 4. The van der Waals surface area contributed by atoms with E-state index in [0.29, 0.717) is 31.6 Å². The molecule has 1 aliphatic heterocycles. The highest BCUT2D eigenvalue weighted by molar-refractivity contribution is 5.92. The van der Waals surface area contributed by atoms with E-state index in [-0.39, 0.29) is 17.6 Å². The molecule has 0 fully saturated rings. The predicted octanol–water partition coefficient (Wildman–Crippen LogP) is 0.380. The molecule has 1 unspecified atom stereocenters. The van der Waals surface area contributed by atoms with E-state index in [1.54, 1.807) is 4.57 Å². The summed E-state index contributed by atoms with van der Waals surface area (Å²) in [5.74, 6) is 0.575. The van der Waals surface area contributed by atoms with Crippen LogP contribution in [0.15, 0.2) is 23.4 Å². The second-order valence-electron chi connectivity index (χ2n) is 5.66. The number of nitrogens with zero attached hydrogens (tertiary/aromatic N) is 5. The van der Waals surface area contributed by atoms with E-state index in [2.05, 4.69) is 20.4 Å². The van der Waals surface area contributed by atoms with Crippen molar-refractivity contribution in [2.75, 3.05) is 0 Å². The third-order valence-corrected chi connectivity index (χ3v) is 3.98. The average Bonchev–Trinajstić information content (AvgIpc) is 2.74. The Morgan fingerprint density at radius 2 is 2.26 bits per heavy atom. The molecule has 3 heterocycles. The molecule has 0 aliphatic carbocycles. The molecule has 0 saturated carbocycles. The van der Waals surface area contributed by atoms with Crippen molar-refractivity contribution in [3.63, 3.8) is 0 Å². The van der Waals surface area contributed by atoms with Crippen LogP contribution in [0.5, 0.6) is 0 Å². The maximum Gasteiger partial charge on any atom is 0.345 e. The molecule has 1 N–H and O–H groups in total. The van der Waals surface area contributed by atoms with Gasteiger partial charge in [-0.25, -0.2) is 14.5 Å². The van der Waals surface area contributed by atoms with Gasteiger partial charge in [-0.3, -0.25) is 14.3 Å². The summed E-state index contributed by atoms with van der Waals surface area (Å²) in [5, 5.41) is 7.37. The first-order valence-corrected chi connectivity index (χ1v) is 7.92. The Balaban J connectivity index is 1.66. The van der Waals surface area contributed by atoms with E-state index in [1.807, 2.05) is 6.92 Å². The quantitative estimate of drug-likeness (QED) is 0.880. The van der Waals surface area contributed by atoms with Crippen molar-refractivity contribution in [1.29, 1.82) is 0 Å². The lowest BCUT2D eigenvalue weighted by molar-refractivity contribution is 0.0927. The first kappa shape index (κ1) is 15.4.